The molecule has 162 valence electrons. The van der Waals surface area contributed by atoms with E-state index >= 15 is 0 Å². The summed E-state index contributed by atoms with van der Waals surface area (Å²) in [4.78, 5) is 11.6. The van der Waals surface area contributed by atoms with Gasteiger partial charge in [-0.1, -0.05) is 23.7 Å². The molecule has 1 aliphatic rings. The third kappa shape index (κ3) is 4.78. The van der Waals surface area contributed by atoms with Crippen molar-refractivity contribution in [3.8, 4) is 0 Å². The minimum Gasteiger partial charge on any atom is -0.365 e. The molecule has 1 saturated heterocycles. The van der Waals surface area contributed by atoms with E-state index in [4.69, 9.17) is 11.6 Å². The highest BCUT2D eigenvalue weighted by molar-refractivity contribution is 7.92. The van der Waals surface area contributed by atoms with E-state index in [0.717, 1.165) is 18.2 Å². The zero-order valence-corrected chi connectivity index (χ0v) is 17.0. The average molecular weight is 464 g/mol. The lowest BCUT2D eigenvalue weighted by molar-refractivity contribution is -0.384. The van der Waals surface area contributed by atoms with Crippen LogP contribution in [0.1, 0.15) is 12.8 Å². The van der Waals surface area contributed by atoms with E-state index in [1.165, 1.54) is 17.0 Å². The smallest absolute Gasteiger partial charge is 0.365 e. The van der Waals surface area contributed by atoms with Gasteiger partial charge in [0.05, 0.1) is 26.4 Å². The fourth-order valence-electron chi connectivity index (χ4n) is 3.29. The Kier molecular flexibility index (Phi) is 6.14. The van der Waals surface area contributed by atoms with Crippen molar-refractivity contribution < 1.29 is 26.5 Å². The second kappa shape index (κ2) is 8.31. The van der Waals surface area contributed by atoms with Crippen LogP contribution in [0.15, 0.2) is 47.4 Å². The number of hydrogen-bond acceptors (Lipinski definition) is 5. The Morgan fingerprint density at radius 2 is 1.90 bits per heavy atom. The van der Waals surface area contributed by atoms with Crippen molar-refractivity contribution in [2.24, 2.45) is 5.92 Å². The number of rotatable bonds is 5. The van der Waals surface area contributed by atoms with E-state index in [1.54, 1.807) is 12.1 Å². The third-order valence-corrected chi connectivity index (χ3v) is 6.49. The Morgan fingerprint density at radius 1 is 1.20 bits per heavy atom. The topological polar surface area (TPSA) is 92.5 Å². The van der Waals surface area contributed by atoms with Gasteiger partial charge in [0, 0.05) is 19.2 Å². The molecule has 0 spiro atoms. The molecule has 1 heterocycles. The van der Waals surface area contributed by atoms with Gasteiger partial charge < -0.3 is 4.90 Å². The van der Waals surface area contributed by atoms with Crippen molar-refractivity contribution in [3.63, 3.8) is 0 Å². The van der Waals surface area contributed by atoms with Crippen LogP contribution in [0.3, 0.4) is 0 Å². The van der Waals surface area contributed by atoms with Crippen molar-refractivity contribution in [1.82, 2.24) is 0 Å². The fraction of sp³-hybridized carbons (Fsp3) is 0.333. The molecule has 0 bridgehead atoms. The predicted molar refractivity (Wildman–Crippen MR) is 106 cm³/mol. The molecule has 12 heteroatoms. The number of benzene rings is 2. The molecule has 0 aromatic heterocycles. The van der Waals surface area contributed by atoms with Crippen molar-refractivity contribution in [2.45, 2.75) is 23.9 Å². The molecule has 7 nitrogen and oxygen atoms in total. The van der Waals surface area contributed by atoms with Gasteiger partial charge >= 0.3 is 6.18 Å². The molecule has 0 saturated carbocycles. The van der Waals surface area contributed by atoms with Gasteiger partial charge in [0.15, 0.2) is 0 Å². The SMILES string of the molecule is O=[N+]([O-])c1cc(S(=O)(=O)Nc2ccccc2Cl)ccc1N1CCC[C@H](C(F)(F)F)C1. The molecule has 0 unspecified atom stereocenters. The first-order valence-electron chi connectivity index (χ1n) is 8.86. The number of nitro groups is 1. The standard InChI is InChI=1S/C18H17ClF3N3O4S/c19-14-5-1-2-6-15(14)23-30(28,29)13-7-8-16(17(10-13)25(26)27)24-9-3-4-12(11-24)18(20,21)22/h1-2,5-8,10,12,23H,3-4,9,11H2/t12-/m0/s1. The minimum absolute atomic E-state index is 0.0503. The zero-order chi connectivity index (χ0) is 22.1. The molecule has 0 aliphatic carbocycles. The maximum atomic E-state index is 13.1. The predicted octanol–water partition coefficient (Wildman–Crippen LogP) is 4.83. The van der Waals surface area contributed by atoms with E-state index in [2.05, 4.69) is 4.72 Å². The summed E-state index contributed by atoms with van der Waals surface area (Å²) in [6.45, 7) is -0.217. The van der Waals surface area contributed by atoms with E-state index < -0.39 is 44.2 Å². The Labute approximate surface area is 175 Å². The summed E-state index contributed by atoms with van der Waals surface area (Å²) >= 11 is 5.94. The molecule has 30 heavy (non-hydrogen) atoms. The first-order chi connectivity index (χ1) is 14.0. The van der Waals surface area contributed by atoms with Crippen LogP contribution in [0.5, 0.6) is 0 Å². The van der Waals surface area contributed by atoms with Crippen LogP contribution in [0, 0.1) is 16.0 Å². The molecule has 1 fully saturated rings. The van der Waals surface area contributed by atoms with Gasteiger partial charge in [-0.15, -0.1) is 0 Å². The number of para-hydroxylation sites is 1. The number of nitrogens with zero attached hydrogens (tertiary/aromatic N) is 2. The van der Waals surface area contributed by atoms with Crippen LogP contribution >= 0.6 is 11.6 Å². The highest BCUT2D eigenvalue weighted by atomic mass is 35.5. The Bertz CT molecular complexity index is 1060. The number of nitrogens with one attached hydrogen (secondary N) is 1. The largest absolute Gasteiger partial charge is 0.393 e. The second-order valence-electron chi connectivity index (χ2n) is 6.82. The summed E-state index contributed by atoms with van der Waals surface area (Å²) in [5, 5.41) is 11.7. The molecule has 1 aliphatic heterocycles. The highest BCUT2D eigenvalue weighted by Crippen LogP contribution is 2.38. The highest BCUT2D eigenvalue weighted by Gasteiger charge is 2.42. The van der Waals surface area contributed by atoms with E-state index in [0.29, 0.717) is 0 Å². The van der Waals surface area contributed by atoms with Gasteiger partial charge in [0.1, 0.15) is 5.69 Å². The molecular formula is C18H17ClF3N3O4S. The number of anilines is 2. The molecule has 1 N–H and O–H groups in total. The maximum absolute atomic E-state index is 13.1. The molecule has 1 atom stereocenters. The normalized spacial score (nSPS) is 17.6. The van der Waals surface area contributed by atoms with Crippen molar-refractivity contribution in [2.75, 3.05) is 22.7 Å². The van der Waals surface area contributed by atoms with Gasteiger partial charge in [0.2, 0.25) is 0 Å². The van der Waals surface area contributed by atoms with Crippen molar-refractivity contribution >= 4 is 38.7 Å². The first kappa shape index (κ1) is 22.2. The maximum Gasteiger partial charge on any atom is 0.393 e. The monoisotopic (exact) mass is 463 g/mol. The van der Waals surface area contributed by atoms with Crippen molar-refractivity contribution in [1.29, 1.82) is 0 Å². The lowest BCUT2D eigenvalue weighted by Gasteiger charge is -2.35. The third-order valence-electron chi connectivity index (χ3n) is 4.80. The van der Waals surface area contributed by atoms with Gasteiger partial charge in [0.25, 0.3) is 15.7 Å². The minimum atomic E-state index is -4.41. The summed E-state index contributed by atoms with van der Waals surface area (Å²) in [6.07, 6.45) is -4.24. The first-order valence-corrected chi connectivity index (χ1v) is 10.7. The summed E-state index contributed by atoms with van der Waals surface area (Å²) in [6, 6.07) is 9.18. The molecule has 0 radical (unpaired) electrons. The average Bonchev–Trinajstić information content (AvgIpc) is 2.68. The summed E-state index contributed by atoms with van der Waals surface area (Å²) < 4.78 is 66.8. The lowest BCUT2D eigenvalue weighted by Crippen LogP contribution is -2.42. The van der Waals surface area contributed by atoms with Crippen LogP contribution in [0.4, 0.5) is 30.2 Å². The van der Waals surface area contributed by atoms with E-state index in [1.807, 2.05) is 0 Å². The lowest BCUT2D eigenvalue weighted by atomic mass is 9.97. The van der Waals surface area contributed by atoms with Crippen LogP contribution < -0.4 is 9.62 Å². The van der Waals surface area contributed by atoms with Crippen LogP contribution in [-0.4, -0.2) is 32.6 Å². The Balaban J connectivity index is 1.94. The van der Waals surface area contributed by atoms with Gasteiger partial charge in [-0.05, 0) is 37.1 Å². The van der Waals surface area contributed by atoms with Gasteiger partial charge in [-0.25, -0.2) is 8.42 Å². The number of piperidine rings is 1. The van der Waals surface area contributed by atoms with Crippen LogP contribution in [0.25, 0.3) is 0 Å². The van der Waals surface area contributed by atoms with Crippen LogP contribution in [0.2, 0.25) is 5.02 Å². The second-order valence-corrected chi connectivity index (χ2v) is 8.91. The molecule has 3 rings (SSSR count). The van der Waals surface area contributed by atoms with E-state index in [9.17, 15) is 31.7 Å². The summed E-state index contributed by atoms with van der Waals surface area (Å²) in [5.74, 6) is -1.60. The summed E-state index contributed by atoms with van der Waals surface area (Å²) in [5.41, 5.74) is -0.541. The fourth-order valence-corrected chi connectivity index (χ4v) is 4.63. The Hall–Kier alpha value is -2.53. The Morgan fingerprint density at radius 3 is 2.53 bits per heavy atom. The van der Waals surface area contributed by atoms with E-state index in [-0.39, 0.29) is 35.8 Å². The molecular weight excluding hydrogens is 447 g/mol. The van der Waals surface area contributed by atoms with Gasteiger partial charge in [-0.3, -0.25) is 14.8 Å². The molecule has 2 aromatic carbocycles. The van der Waals surface area contributed by atoms with Crippen LogP contribution in [-0.2, 0) is 10.0 Å². The zero-order valence-electron chi connectivity index (χ0n) is 15.4. The van der Waals surface area contributed by atoms with Crippen molar-refractivity contribution in [3.05, 3.63) is 57.6 Å². The number of nitro benzene ring substituents is 1. The summed E-state index contributed by atoms with van der Waals surface area (Å²) in [7, 11) is -4.21. The number of sulfonamides is 1. The number of hydrogen-bond donors (Lipinski definition) is 1. The molecule has 2 aromatic rings. The number of alkyl halides is 3. The van der Waals surface area contributed by atoms with Gasteiger partial charge in [-0.2, -0.15) is 13.2 Å². The molecule has 0 amide bonds. The number of halogens is 4. The quantitative estimate of drug-likeness (QED) is 0.506.